The largest absolute Gasteiger partial charge is 0.365 e. The molecule has 2 N–H and O–H groups in total. The molecular formula is C13H23N5O2. The van der Waals surface area contributed by atoms with E-state index in [1.54, 1.807) is 11.7 Å². The van der Waals surface area contributed by atoms with E-state index in [9.17, 15) is 10.1 Å². The molecule has 0 saturated carbocycles. The molecule has 0 amide bonds. The van der Waals surface area contributed by atoms with Crippen molar-refractivity contribution < 1.29 is 4.92 Å². The van der Waals surface area contributed by atoms with Gasteiger partial charge >= 0.3 is 5.69 Å². The normalized spacial score (nSPS) is 19.0. The number of hydrogen-bond acceptors (Lipinski definition) is 5. The maximum Gasteiger partial charge on any atom is 0.333 e. The smallest absolute Gasteiger partial charge is 0.333 e. The highest BCUT2D eigenvalue weighted by molar-refractivity contribution is 5.59. The highest BCUT2D eigenvalue weighted by Crippen LogP contribution is 2.28. The predicted molar refractivity (Wildman–Crippen MR) is 77.9 cm³/mol. The molecule has 1 aromatic heterocycles. The molecule has 2 rings (SSSR count). The number of aryl methyl sites for hydroxylation is 2. The first-order chi connectivity index (χ1) is 9.63. The van der Waals surface area contributed by atoms with Gasteiger partial charge in [0.25, 0.3) is 0 Å². The van der Waals surface area contributed by atoms with Gasteiger partial charge in [-0.15, -0.1) is 0 Å². The van der Waals surface area contributed by atoms with Crippen molar-refractivity contribution in [3.63, 3.8) is 0 Å². The Morgan fingerprint density at radius 3 is 3.00 bits per heavy atom. The molecule has 0 spiro atoms. The second kappa shape index (κ2) is 6.69. The highest BCUT2D eigenvalue weighted by Gasteiger charge is 2.25. The number of nitro groups is 1. The van der Waals surface area contributed by atoms with Crippen LogP contribution in [0.2, 0.25) is 0 Å². The van der Waals surface area contributed by atoms with Crippen LogP contribution in [0.15, 0.2) is 0 Å². The molecule has 1 saturated heterocycles. The number of nitrogens with zero attached hydrogens (tertiary/aromatic N) is 3. The summed E-state index contributed by atoms with van der Waals surface area (Å²) >= 11 is 0. The van der Waals surface area contributed by atoms with Gasteiger partial charge in [-0.25, -0.2) is 4.68 Å². The van der Waals surface area contributed by atoms with Crippen molar-refractivity contribution >= 4 is 11.5 Å². The zero-order chi connectivity index (χ0) is 14.5. The Balaban J connectivity index is 1.97. The van der Waals surface area contributed by atoms with Crippen molar-refractivity contribution in [1.29, 1.82) is 0 Å². The van der Waals surface area contributed by atoms with Gasteiger partial charge in [0.2, 0.25) is 5.82 Å². The summed E-state index contributed by atoms with van der Waals surface area (Å²) < 4.78 is 1.58. The van der Waals surface area contributed by atoms with Gasteiger partial charge in [0, 0.05) is 13.6 Å². The van der Waals surface area contributed by atoms with Gasteiger partial charge in [0.15, 0.2) is 0 Å². The number of aromatic nitrogens is 2. The molecule has 0 bridgehead atoms. The molecule has 1 aliphatic heterocycles. The minimum Gasteiger partial charge on any atom is -0.365 e. The van der Waals surface area contributed by atoms with E-state index in [4.69, 9.17) is 0 Å². The number of anilines is 1. The summed E-state index contributed by atoms with van der Waals surface area (Å²) in [5.41, 5.74) is 0.663. The quantitative estimate of drug-likeness (QED) is 0.612. The lowest BCUT2D eigenvalue weighted by atomic mass is 9.96. The Hall–Kier alpha value is -1.63. The van der Waals surface area contributed by atoms with Crippen LogP contribution in [0.25, 0.3) is 0 Å². The molecule has 1 atom stereocenters. The van der Waals surface area contributed by atoms with E-state index in [1.165, 1.54) is 12.8 Å². The third-order valence-corrected chi connectivity index (χ3v) is 3.85. The van der Waals surface area contributed by atoms with Crippen molar-refractivity contribution in [2.45, 2.75) is 32.6 Å². The van der Waals surface area contributed by atoms with Crippen LogP contribution in [-0.2, 0) is 13.5 Å². The Morgan fingerprint density at radius 1 is 1.60 bits per heavy atom. The van der Waals surface area contributed by atoms with Crippen LogP contribution in [0.5, 0.6) is 0 Å². The Labute approximate surface area is 118 Å². The van der Waals surface area contributed by atoms with Crippen LogP contribution in [-0.4, -0.2) is 34.3 Å². The maximum atomic E-state index is 11.2. The Kier molecular flexibility index (Phi) is 4.94. The zero-order valence-corrected chi connectivity index (χ0v) is 12.2. The summed E-state index contributed by atoms with van der Waals surface area (Å²) in [5.74, 6) is 1.18. The first-order valence-electron chi connectivity index (χ1n) is 7.28. The SMILES string of the molecule is CCc1nn(C)c(NCCC2CCCNC2)c1[N+](=O)[O-]. The van der Waals surface area contributed by atoms with Crippen molar-refractivity contribution in [2.75, 3.05) is 25.0 Å². The topological polar surface area (TPSA) is 85.0 Å². The zero-order valence-electron chi connectivity index (χ0n) is 12.2. The molecule has 7 heteroatoms. The molecule has 0 aromatic carbocycles. The van der Waals surface area contributed by atoms with Gasteiger partial charge in [0.1, 0.15) is 5.69 Å². The number of rotatable bonds is 6. The molecule has 1 fully saturated rings. The average Bonchev–Trinajstić information content (AvgIpc) is 2.77. The van der Waals surface area contributed by atoms with Gasteiger partial charge in [-0.05, 0) is 44.7 Å². The third-order valence-electron chi connectivity index (χ3n) is 3.85. The predicted octanol–water partition coefficient (Wildman–Crippen LogP) is 1.69. The fraction of sp³-hybridized carbons (Fsp3) is 0.769. The van der Waals surface area contributed by atoms with E-state index in [2.05, 4.69) is 15.7 Å². The monoisotopic (exact) mass is 281 g/mol. The second-order valence-corrected chi connectivity index (χ2v) is 5.31. The van der Waals surface area contributed by atoms with E-state index < -0.39 is 0 Å². The lowest BCUT2D eigenvalue weighted by molar-refractivity contribution is -0.384. The molecule has 0 aliphatic carbocycles. The van der Waals surface area contributed by atoms with Crippen LogP contribution in [0, 0.1) is 16.0 Å². The lowest BCUT2D eigenvalue weighted by Gasteiger charge is -2.22. The van der Waals surface area contributed by atoms with Crippen LogP contribution in [0.3, 0.4) is 0 Å². The minimum absolute atomic E-state index is 0.122. The van der Waals surface area contributed by atoms with Gasteiger partial charge in [-0.1, -0.05) is 6.92 Å². The van der Waals surface area contributed by atoms with Gasteiger partial charge in [-0.3, -0.25) is 10.1 Å². The van der Waals surface area contributed by atoms with Crippen molar-refractivity contribution in [3.05, 3.63) is 15.8 Å². The summed E-state index contributed by atoms with van der Waals surface area (Å²) in [5, 5.41) is 22.0. The van der Waals surface area contributed by atoms with Gasteiger partial charge < -0.3 is 10.6 Å². The van der Waals surface area contributed by atoms with Crippen molar-refractivity contribution in [1.82, 2.24) is 15.1 Å². The van der Waals surface area contributed by atoms with Gasteiger partial charge in [-0.2, -0.15) is 5.10 Å². The molecule has 112 valence electrons. The summed E-state index contributed by atoms with van der Waals surface area (Å²) in [4.78, 5) is 10.8. The third kappa shape index (κ3) is 3.27. The molecule has 1 unspecified atom stereocenters. The van der Waals surface area contributed by atoms with Gasteiger partial charge in [0.05, 0.1) is 4.92 Å². The van der Waals surface area contributed by atoms with Crippen LogP contribution < -0.4 is 10.6 Å². The summed E-state index contributed by atoms with van der Waals surface area (Å²) in [7, 11) is 1.75. The molecule has 7 nitrogen and oxygen atoms in total. The molecule has 1 aromatic rings. The number of hydrogen-bond donors (Lipinski definition) is 2. The van der Waals surface area contributed by atoms with E-state index >= 15 is 0 Å². The Bertz CT molecular complexity index is 466. The van der Waals surface area contributed by atoms with Crippen molar-refractivity contribution in [3.8, 4) is 0 Å². The van der Waals surface area contributed by atoms with E-state index in [0.717, 1.165) is 26.1 Å². The number of piperidine rings is 1. The van der Waals surface area contributed by atoms with Crippen LogP contribution in [0.1, 0.15) is 31.9 Å². The first-order valence-corrected chi connectivity index (χ1v) is 7.28. The fourth-order valence-electron chi connectivity index (χ4n) is 2.76. The average molecular weight is 281 g/mol. The summed E-state index contributed by atoms with van der Waals surface area (Å²) in [6, 6.07) is 0. The first kappa shape index (κ1) is 14.8. The van der Waals surface area contributed by atoms with Crippen LogP contribution >= 0.6 is 0 Å². The summed E-state index contributed by atoms with van der Waals surface area (Å²) in [6.07, 6.45) is 4.05. The highest BCUT2D eigenvalue weighted by atomic mass is 16.6. The maximum absolute atomic E-state index is 11.2. The number of nitrogens with one attached hydrogen (secondary N) is 2. The fourth-order valence-corrected chi connectivity index (χ4v) is 2.76. The summed E-state index contributed by atoms with van der Waals surface area (Å²) in [6.45, 7) is 4.79. The minimum atomic E-state index is -0.337. The molecule has 1 aliphatic rings. The standard InChI is InChI=1S/C13H23N5O2/c1-3-11-12(18(19)20)13(17(2)16-11)15-8-6-10-5-4-7-14-9-10/h10,14-15H,3-9H2,1-2H3. The molecular weight excluding hydrogens is 258 g/mol. The van der Waals surface area contributed by atoms with E-state index in [1.807, 2.05) is 6.92 Å². The van der Waals surface area contributed by atoms with Crippen LogP contribution in [0.4, 0.5) is 11.5 Å². The van der Waals surface area contributed by atoms with E-state index in [-0.39, 0.29) is 10.6 Å². The van der Waals surface area contributed by atoms with Crippen molar-refractivity contribution in [2.24, 2.45) is 13.0 Å². The molecule has 20 heavy (non-hydrogen) atoms. The Morgan fingerprint density at radius 2 is 2.40 bits per heavy atom. The second-order valence-electron chi connectivity index (χ2n) is 5.31. The molecule has 2 heterocycles. The lowest BCUT2D eigenvalue weighted by Crippen LogP contribution is -2.30. The molecule has 0 radical (unpaired) electrons. The van der Waals surface area contributed by atoms with E-state index in [0.29, 0.717) is 23.9 Å².